The zero-order valence-electron chi connectivity index (χ0n) is 12.7. The fourth-order valence-electron chi connectivity index (χ4n) is 2.39. The van der Waals surface area contributed by atoms with Gasteiger partial charge in [0.2, 0.25) is 0 Å². The lowest BCUT2D eigenvalue weighted by atomic mass is 10.0. The van der Waals surface area contributed by atoms with Gasteiger partial charge in [-0.3, -0.25) is 0 Å². The maximum absolute atomic E-state index is 6.27. The molecule has 3 rings (SSSR count). The molecule has 0 radical (unpaired) electrons. The topological polar surface area (TPSA) is 17.8 Å². The Kier molecular flexibility index (Phi) is 4.85. The molecule has 0 aliphatic rings. The van der Waals surface area contributed by atoms with Gasteiger partial charge < -0.3 is 4.57 Å². The van der Waals surface area contributed by atoms with Crippen LogP contribution in [0.5, 0.6) is 0 Å². The minimum Gasteiger partial charge on any atom is -0.334 e. The maximum Gasteiger partial charge on any atom is 0.0948 e. The molecule has 0 N–H and O–H groups in total. The van der Waals surface area contributed by atoms with Gasteiger partial charge >= 0.3 is 0 Å². The van der Waals surface area contributed by atoms with Crippen molar-refractivity contribution in [2.75, 3.05) is 0 Å². The molecule has 0 unspecified atom stereocenters. The summed E-state index contributed by atoms with van der Waals surface area (Å²) in [5.41, 5.74) is 4.49. The quantitative estimate of drug-likeness (QED) is 0.571. The van der Waals surface area contributed by atoms with Gasteiger partial charge in [0.25, 0.3) is 0 Å². The molecular weight excluding hydrogens is 327 g/mol. The van der Waals surface area contributed by atoms with Crippen LogP contribution in [0.15, 0.2) is 67.3 Å². The van der Waals surface area contributed by atoms with Crippen molar-refractivity contribution < 1.29 is 0 Å². The minimum absolute atomic E-state index is 0.647. The van der Waals surface area contributed by atoms with Gasteiger partial charge in [-0.2, -0.15) is 0 Å². The number of rotatable bonds is 4. The highest BCUT2D eigenvalue weighted by atomic mass is 35.5. The molecule has 23 heavy (non-hydrogen) atoms. The number of aromatic nitrogens is 2. The molecule has 0 saturated heterocycles. The number of hydrogen-bond acceptors (Lipinski definition) is 1. The van der Waals surface area contributed by atoms with E-state index in [0.717, 1.165) is 17.7 Å². The fourth-order valence-corrected chi connectivity index (χ4v) is 2.91. The van der Waals surface area contributed by atoms with Gasteiger partial charge in [-0.15, -0.1) is 0 Å². The monoisotopic (exact) mass is 342 g/mol. The van der Waals surface area contributed by atoms with Crippen molar-refractivity contribution >= 4 is 28.8 Å². The Bertz CT molecular complexity index is 819. The third-order valence-corrected chi connectivity index (χ3v) is 4.30. The van der Waals surface area contributed by atoms with Gasteiger partial charge in [0.1, 0.15) is 0 Å². The van der Waals surface area contributed by atoms with Crippen LogP contribution in [0, 0.1) is 0 Å². The van der Waals surface area contributed by atoms with Crippen molar-refractivity contribution in [2.45, 2.75) is 13.5 Å². The van der Waals surface area contributed by atoms with Gasteiger partial charge in [-0.1, -0.05) is 59.6 Å². The largest absolute Gasteiger partial charge is 0.334 e. The van der Waals surface area contributed by atoms with E-state index < -0.39 is 0 Å². The molecule has 0 aliphatic heterocycles. The lowest BCUT2D eigenvalue weighted by molar-refractivity contribution is 0.821. The molecule has 0 bridgehead atoms. The average Bonchev–Trinajstić information content (AvgIpc) is 3.06. The summed E-state index contributed by atoms with van der Waals surface area (Å²) in [6.07, 6.45) is 7.74. The highest BCUT2D eigenvalue weighted by molar-refractivity contribution is 6.36. The molecule has 116 valence electrons. The standard InChI is InChI=1S/C19H16Cl2N2/c1-14(8-10-23-11-9-22-13-23)15-2-4-16(5-3-15)18-7-6-17(20)12-19(18)21/h2-9,11-13H,10H2,1H3/b14-8-. The first-order chi connectivity index (χ1) is 11.1. The van der Waals surface area contributed by atoms with E-state index in [-0.39, 0.29) is 0 Å². The molecule has 1 aromatic heterocycles. The first-order valence-electron chi connectivity index (χ1n) is 7.32. The number of hydrogen-bond donors (Lipinski definition) is 0. The number of nitrogens with zero attached hydrogens (tertiary/aromatic N) is 2. The highest BCUT2D eigenvalue weighted by Gasteiger charge is 2.05. The SMILES string of the molecule is C/C(=C/Cn1ccnc1)c1ccc(-c2ccc(Cl)cc2Cl)cc1. The van der Waals surface area contributed by atoms with E-state index in [0.29, 0.717) is 10.0 Å². The van der Waals surface area contributed by atoms with Crippen molar-refractivity contribution in [1.29, 1.82) is 0 Å². The lowest BCUT2D eigenvalue weighted by Gasteiger charge is -2.07. The summed E-state index contributed by atoms with van der Waals surface area (Å²) in [6, 6.07) is 14.0. The smallest absolute Gasteiger partial charge is 0.0948 e. The van der Waals surface area contributed by atoms with Crippen molar-refractivity contribution in [2.24, 2.45) is 0 Å². The number of allylic oxidation sites excluding steroid dienone is 2. The van der Waals surface area contributed by atoms with Crippen LogP contribution in [0.1, 0.15) is 12.5 Å². The van der Waals surface area contributed by atoms with E-state index in [9.17, 15) is 0 Å². The number of imidazole rings is 1. The van der Waals surface area contributed by atoms with Crippen LogP contribution in [-0.4, -0.2) is 9.55 Å². The zero-order valence-corrected chi connectivity index (χ0v) is 14.2. The highest BCUT2D eigenvalue weighted by Crippen LogP contribution is 2.31. The van der Waals surface area contributed by atoms with Crippen molar-refractivity contribution in [3.63, 3.8) is 0 Å². The molecule has 0 spiro atoms. The van der Waals surface area contributed by atoms with E-state index in [1.165, 1.54) is 11.1 Å². The summed E-state index contributed by atoms with van der Waals surface area (Å²) in [6.45, 7) is 2.93. The predicted octanol–water partition coefficient (Wildman–Crippen LogP) is 5.96. The van der Waals surface area contributed by atoms with Gasteiger partial charge in [0.15, 0.2) is 0 Å². The van der Waals surface area contributed by atoms with Crippen LogP contribution in [0.4, 0.5) is 0 Å². The van der Waals surface area contributed by atoms with Crippen molar-refractivity contribution in [3.05, 3.63) is 82.9 Å². The van der Waals surface area contributed by atoms with Gasteiger partial charge in [-0.25, -0.2) is 4.98 Å². The second-order valence-electron chi connectivity index (χ2n) is 5.35. The van der Waals surface area contributed by atoms with Crippen LogP contribution < -0.4 is 0 Å². The number of halogens is 2. The Morgan fingerprint density at radius 1 is 1.13 bits per heavy atom. The lowest BCUT2D eigenvalue weighted by Crippen LogP contribution is -1.91. The van der Waals surface area contributed by atoms with Gasteiger partial charge in [-0.05, 0) is 35.8 Å². The number of benzene rings is 2. The Morgan fingerprint density at radius 3 is 2.57 bits per heavy atom. The van der Waals surface area contributed by atoms with Crippen molar-refractivity contribution in [1.82, 2.24) is 9.55 Å². The van der Waals surface area contributed by atoms with Crippen LogP contribution in [0.25, 0.3) is 16.7 Å². The van der Waals surface area contributed by atoms with Crippen LogP contribution in [0.3, 0.4) is 0 Å². The Hall–Kier alpha value is -2.03. The molecule has 0 amide bonds. The fraction of sp³-hybridized carbons (Fsp3) is 0.105. The summed E-state index contributed by atoms with van der Waals surface area (Å²) in [4.78, 5) is 4.04. The molecule has 0 fully saturated rings. The van der Waals surface area contributed by atoms with Crippen LogP contribution in [-0.2, 0) is 6.54 Å². The zero-order chi connectivity index (χ0) is 16.2. The van der Waals surface area contributed by atoms with E-state index in [4.69, 9.17) is 23.2 Å². The Morgan fingerprint density at radius 2 is 1.91 bits per heavy atom. The second kappa shape index (κ2) is 7.03. The maximum atomic E-state index is 6.27. The van der Waals surface area contributed by atoms with E-state index in [2.05, 4.69) is 42.2 Å². The molecule has 3 aromatic rings. The molecule has 1 heterocycles. The molecule has 0 aliphatic carbocycles. The van der Waals surface area contributed by atoms with E-state index in [1.807, 2.05) is 29.2 Å². The molecule has 0 atom stereocenters. The Balaban J connectivity index is 1.80. The summed E-state index contributed by atoms with van der Waals surface area (Å²) in [7, 11) is 0. The minimum atomic E-state index is 0.647. The normalized spacial score (nSPS) is 11.7. The molecular formula is C19H16Cl2N2. The summed E-state index contributed by atoms with van der Waals surface area (Å²) < 4.78 is 2.03. The van der Waals surface area contributed by atoms with Crippen LogP contribution in [0.2, 0.25) is 10.0 Å². The van der Waals surface area contributed by atoms with Gasteiger partial charge in [0.05, 0.1) is 6.33 Å². The molecule has 2 aromatic carbocycles. The summed E-state index contributed by atoms with van der Waals surface area (Å²) >= 11 is 12.2. The third kappa shape index (κ3) is 3.84. The Labute approximate surface area is 146 Å². The predicted molar refractivity (Wildman–Crippen MR) is 97.8 cm³/mol. The van der Waals surface area contributed by atoms with E-state index >= 15 is 0 Å². The summed E-state index contributed by atoms with van der Waals surface area (Å²) in [5, 5.41) is 1.31. The third-order valence-electron chi connectivity index (χ3n) is 3.75. The molecule has 4 heteroatoms. The van der Waals surface area contributed by atoms with E-state index in [1.54, 1.807) is 12.3 Å². The second-order valence-corrected chi connectivity index (χ2v) is 6.19. The van der Waals surface area contributed by atoms with Crippen molar-refractivity contribution in [3.8, 4) is 11.1 Å². The molecule has 0 saturated carbocycles. The molecule has 2 nitrogen and oxygen atoms in total. The first-order valence-corrected chi connectivity index (χ1v) is 8.07. The first kappa shape index (κ1) is 15.9. The van der Waals surface area contributed by atoms with Crippen LogP contribution >= 0.6 is 23.2 Å². The average molecular weight is 343 g/mol. The van der Waals surface area contributed by atoms with Gasteiger partial charge in [0, 0.05) is 34.5 Å². The summed E-state index contributed by atoms with van der Waals surface area (Å²) in [5.74, 6) is 0.